The molecule has 2 aromatic carbocycles. The van der Waals surface area contributed by atoms with E-state index >= 15 is 0 Å². The van der Waals surface area contributed by atoms with Gasteiger partial charge in [-0.2, -0.15) is 0 Å². The molecule has 1 fully saturated rings. The van der Waals surface area contributed by atoms with E-state index in [1.165, 1.54) is 29.7 Å². The zero-order chi connectivity index (χ0) is 25.9. The number of nitrogens with zero attached hydrogens (tertiary/aromatic N) is 5. The molecule has 194 valence electrons. The molecular formula is C30H32N6OS. The highest BCUT2D eigenvalue weighted by Crippen LogP contribution is 2.35. The van der Waals surface area contributed by atoms with Crippen molar-refractivity contribution in [2.24, 2.45) is 0 Å². The summed E-state index contributed by atoms with van der Waals surface area (Å²) in [6.45, 7) is 3.36. The number of tetrazole rings is 1. The summed E-state index contributed by atoms with van der Waals surface area (Å²) in [5, 5.41) is 16.4. The molecule has 3 heterocycles. The number of rotatable bonds is 8. The largest absolute Gasteiger partial charge is 0.321 e. The number of aryl methyl sites for hydroxylation is 1. The molecule has 6 rings (SSSR count). The molecule has 0 amide bonds. The highest BCUT2D eigenvalue weighted by atomic mass is 32.1. The number of pyridine rings is 1. The van der Waals surface area contributed by atoms with Crippen molar-refractivity contribution >= 4 is 22.2 Å². The van der Waals surface area contributed by atoms with Crippen molar-refractivity contribution < 1.29 is 0 Å². The van der Waals surface area contributed by atoms with Crippen LogP contribution in [0.2, 0.25) is 0 Å². The second kappa shape index (κ2) is 11.0. The first kappa shape index (κ1) is 24.7. The van der Waals surface area contributed by atoms with Gasteiger partial charge >= 0.3 is 0 Å². The van der Waals surface area contributed by atoms with E-state index in [1.54, 1.807) is 11.3 Å². The van der Waals surface area contributed by atoms with Crippen LogP contribution in [-0.2, 0) is 13.1 Å². The Hall–Kier alpha value is -3.62. The van der Waals surface area contributed by atoms with Crippen molar-refractivity contribution in [3.63, 3.8) is 0 Å². The fourth-order valence-electron chi connectivity index (χ4n) is 5.73. The molecule has 1 aliphatic rings. The Labute approximate surface area is 226 Å². The first-order chi connectivity index (χ1) is 18.7. The Balaban J connectivity index is 1.53. The Morgan fingerprint density at radius 3 is 2.66 bits per heavy atom. The third-order valence-electron chi connectivity index (χ3n) is 7.63. The number of hydrogen-bond donors (Lipinski definition) is 1. The molecule has 0 saturated heterocycles. The highest BCUT2D eigenvalue weighted by molar-refractivity contribution is 7.09. The van der Waals surface area contributed by atoms with Crippen LogP contribution in [0.4, 0.5) is 0 Å². The highest BCUT2D eigenvalue weighted by Gasteiger charge is 2.33. The van der Waals surface area contributed by atoms with Crippen LogP contribution in [0.1, 0.15) is 71.6 Å². The third kappa shape index (κ3) is 5.06. The Morgan fingerprint density at radius 2 is 1.87 bits per heavy atom. The van der Waals surface area contributed by atoms with Crippen LogP contribution in [0, 0.1) is 6.92 Å². The molecular weight excluding hydrogens is 492 g/mol. The zero-order valence-corrected chi connectivity index (χ0v) is 22.4. The number of aromatic amines is 1. The second-order valence-corrected chi connectivity index (χ2v) is 11.3. The Morgan fingerprint density at radius 1 is 1.03 bits per heavy atom. The molecule has 1 N–H and O–H groups in total. The van der Waals surface area contributed by atoms with Crippen molar-refractivity contribution in [2.45, 2.75) is 64.2 Å². The minimum absolute atomic E-state index is 0.0979. The quantitative estimate of drug-likeness (QED) is 0.262. The fraction of sp³-hybridized carbons (Fsp3) is 0.333. The monoisotopic (exact) mass is 524 g/mol. The number of fused-ring (bicyclic) bond motifs is 1. The first-order valence-corrected chi connectivity index (χ1v) is 14.3. The van der Waals surface area contributed by atoms with Gasteiger partial charge in [0.15, 0.2) is 5.82 Å². The van der Waals surface area contributed by atoms with Crippen molar-refractivity contribution in [1.29, 1.82) is 0 Å². The summed E-state index contributed by atoms with van der Waals surface area (Å²) in [7, 11) is 0. The summed E-state index contributed by atoms with van der Waals surface area (Å²) in [5.41, 5.74) is 3.68. The van der Waals surface area contributed by atoms with Gasteiger partial charge in [0.05, 0.1) is 11.6 Å². The van der Waals surface area contributed by atoms with E-state index in [1.807, 2.05) is 35.9 Å². The first-order valence-electron chi connectivity index (χ1n) is 13.4. The fourth-order valence-corrected chi connectivity index (χ4v) is 6.46. The number of nitrogens with one attached hydrogen (secondary N) is 1. The molecule has 38 heavy (non-hydrogen) atoms. The second-order valence-electron chi connectivity index (χ2n) is 10.2. The number of H-pyrrole nitrogens is 1. The number of aromatic nitrogens is 5. The molecule has 8 heteroatoms. The normalized spacial score (nSPS) is 15.3. The molecule has 7 nitrogen and oxygen atoms in total. The lowest BCUT2D eigenvalue weighted by Crippen LogP contribution is -2.35. The van der Waals surface area contributed by atoms with Gasteiger partial charge in [-0.25, -0.2) is 4.68 Å². The van der Waals surface area contributed by atoms with E-state index in [4.69, 9.17) is 0 Å². The number of benzene rings is 2. The van der Waals surface area contributed by atoms with Crippen LogP contribution in [0.3, 0.4) is 0 Å². The summed E-state index contributed by atoms with van der Waals surface area (Å²) in [5.74, 6) is 0.738. The van der Waals surface area contributed by atoms with Crippen molar-refractivity contribution in [3.8, 4) is 0 Å². The van der Waals surface area contributed by atoms with Gasteiger partial charge in [0, 0.05) is 23.5 Å². The van der Waals surface area contributed by atoms with Gasteiger partial charge in [-0.05, 0) is 64.2 Å². The maximum Gasteiger partial charge on any atom is 0.253 e. The van der Waals surface area contributed by atoms with Gasteiger partial charge in [0.1, 0.15) is 6.04 Å². The van der Waals surface area contributed by atoms with Crippen molar-refractivity contribution in [2.75, 3.05) is 0 Å². The summed E-state index contributed by atoms with van der Waals surface area (Å²) < 4.78 is 2.01. The average molecular weight is 525 g/mol. The van der Waals surface area contributed by atoms with Gasteiger partial charge < -0.3 is 4.98 Å². The van der Waals surface area contributed by atoms with Crippen molar-refractivity contribution in [1.82, 2.24) is 30.1 Å². The van der Waals surface area contributed by atoms with Gasteiger partial charge in [-0.1, -0.05) is 73.9 Å². The molecule has 0 spiro atoms. The predicted molar refractivity (Wildman–Crippen MR) is 151 cm³/mol. The smallest absolute Gasteiger partial charge is 0.253 e. The van der Waals surface area contributed by atoms with Crippen LogP contribution in [0.25, 0.3) is 10.9 Å². The number of hydrogen-bond acceptors (Lipinski definition) is 6. The number of thiophene rings is 1. The lowest BCUT2D eigenvalue weighted by Gasteiger charge is -2.32. The van der Waals surface area contributed by atoms with Gasteiger partial charge in [0.2, 0.25) is 0 Å². The minimum Gasteiger partial charge on any atom is -0.321 e. The van der Waals surface area contributed by atoms with Crippen molar-refractivity contribution in [3.05, 3.63) is 110 Å². The molecule has 0 radical (unpaired) electrons. The van der Waals surface area contributed by atoms with Crippen LogP contribution in [0.5, 0.6) is 0 Å². The van der Waals surface area contributed by atoms with E-state index in [9.17, 15) is 4.79 Å². The van der Waals surface area contributed by atoms with E-state index < -0.39 is 6.04 Å². The summed E-state index contributed by atoms with van der Waals surface area (Å²) in [6, 6.07) is 22.6. The zero-order valence-electron chi connectivity index (χ0n) is 21.6. The van der Waals surface area contributed by atoms with Gasteiger partial charge in [-0.3, -0.25) is 9.69 Å². The molecule has 0 bridgehead atoms. The maximum atomic E-state index is 13.8. The molecule has 1 saturated carbocycles. The van der Waals surface area contributed by atoms with Crippen LogP contribution in [-0.4, -0.2) is 30.1 Å². The third-order valence-corrected chi connectivity index (χ3v) is 8.49. The van der Waals surface area contributed by atoms with Gasteiger partial charge in [0.25, 0.3) is 5.56 Å². The summed E-state index contributed by atoms with van der Waals surface area (Å²) >= 11 is 1.73. The SMILES string of the molecule is Cc1cccc2cc(C(c3nnnn3C3CCCCC3)N(Cc3ccccc3)Cc3cccs3)c(=O)[nH]c12. The van der Waals surface area contributed by atoms with E-state index in [0.29, 0.717) is 18.7 Å². The number of para-hydroxylation sites is 1. The van der Waals surface area contributed by atoms with Crippen LogP contribution < -0.4 is 5.56 Å². The van der Waals surface area contributed by atoms with Gasteiger partial charge in [-0.15, -0.1) is 16.4 Å². The lowest BCUT2D eigenvalue weighted by molar-refractivity contribution is 0.188. The Kier molecular flexibility index (Phi) is 7.16. The topological polar surface area (TPSA) is 79.7 Å². The van der Waals surface area contributed by atoms with E-state index in [2.05, 4.69) is 73.3 Å². The average Bonchev–Trinajstić information content (AvgIpc) is 3.64. The molecule has 1 unspecified atom stereocenters. The summed E-state index contributed by atoms with van der Waals surface area (Å²) in [4.78, 5) is 20.6. The minimum atomic E-state index is -0.414. The standard InChI is InChI=1S/C30H32N6OS/c1-21-10-8-13-23-18-26(30(37)31-27(21)23)28(29-32-33-34-36(29)24-14-6-3-7-15-24)35(20-25-16-9-17-38-25)19-22-11-4-2-5-12-22/h2,4-5,8-13,16-18,24,28H,3,6-7,14-15,19-20H2,1H3,(H,31,37). The van der Waals surface area contributed by atoms with E-state index in [0.717, 1.165) is 35.1 Å². The molecule has 5 aromatic rings. The maximum absolute atomic E-state index is 13.8. The lowest BCUT2D eigenvalue weighted by atomic mass is 9.95. The van der Waals surface area contributed by atoms with E-state index in [-0.39, 0.29) is 11.6 Å². The molecule has 1 atom stereocenters. The summed E-state index contributed by atoms with van der Waals surface area (Å²) in [6.07, 6.45) is 5.71. The Bertz CT molecular complexity index is 1550. The molecule has 3 aromatic heterocycles. The molecule has 1 aliphatic carbocycles. The van der Waals surface area contributed by atoms with Crippen LogP contribution in [0.15, 0.2) is 76.9 Å². The molecule has 0 aliphatic heterocycles. The van der Waals surface area contributed by atoms with Crippen LogP contribution >= 0.6 is 11.3 Å². The predicted octanol–water partition coefficient (Wildman–Crippen LogP) is 6.18.